The average Bonchev–Trinajstić information content (AvgIpc) is 2.47. The summed E-state index contributed by atoms with van der Waals surface area (Å²) >= 11 is 5.30. The normalized spacial score (nSPS) is 9.83. The molecule has 0 aliphatic carbocycles. The zero-order valence-corrected chi connectivity index (χ0v) is 7.52. The van der Waals surface area contributed by atoms with E-state index >= 15 is 0 Å². The largest absolute Gasteiger partial charge is 0.469 e. The molecule has 4 heteroatoms. The number of nitrogens with one attached hydrogen (secondary N) is 1. The van der Waals surface area contributed by atoms with Crippen molar-refractivity contribution in [3.05, 3.63) is 23.7 Å². The van der Waals surface area contributed by atoms with Gasteiger partial charge in [-0.15, -0.1) is 11.6 Å². The predicted octanol–water partition coefficient (Wildman–Crippen LogP) is 1.44. The Labute approximate surface area is 75.7 Å². The minimum Gasteiger partial charge on any atom is -0.469 e. The fourth-order valence-corrected chi connectivity index (χ4v) is 0.930. The maximum atomic E-state index is 10.7. The van der Waals surface area contributed by atoms with Crippen molar-refractivity contribution in [3.8, 4) is 0 Å². The Morgan fingerprint density at radius 2 is 2.50 bits per heavy atom. The van der Waals surface area contributed by atoms with Gasteiger partial charge in [0.05, 0.1) is 6.26 Å². The van der Waals surface area contributed by atoms with Crippen LogP contribution in [0.15, 0.2) is 16.7 Å². The first-order valence-electron chi connectivity index (χ1n) is 3.59. The van der Waals surface area contributed by atoms with Crippen LogP contribution in [-0.2, 0) is 11.3 Å². The molecule has 3 nitrogen and oxygen atoms in total. The van der Waals surface area contributed by atoms with Crippen molar-refractivity contribution >= 4 is 17.5 Å². The Morgan fingerprint density at radius 1 is 1.75 bits per heavy atom. The lowest BCUT2D eigenvalue weighted by atomic mass is 10.2. The van der Waals surface area contributed by atoms with Crippen LogP contribution in [-0.4, -0.2) is 11.8 Å². The molecule has 0 saturated heterocycles. The van der Waals surface area contributed by atoms with E-state index in [0.29, 0.717) is 6.54 Å². The molecular formula is C8H10ClNO2. The standard InChI is InChI=1S/C8H10ClNO2/c1-6-7(2-3-12-6)5-10-8(11)4-9/h2-3H,4-5H2,1H3,(H,10,11). The number of alkyl halides is 1. The van der Waals surface area contributed by atoms with E-state index in [1.165, 1.54) is 0 Å². The van der Waals surface area contributed by atoms with Gasteiger partial charge in [0.15, 0.2) is 0 Å². The molecular weight excluding hydrogens is 178 g/mol. The van der Waals surface area contributed by atoms with Gasteiger partial charge in [0.2, 0.25) is 5.91 Å². The summed E-state index contributed by atoms with van der Waals surface area (Å²) in [6.45, 7) is 2.33. The van der Waals surface area contributed by atoms with E-state index in [9.17, 15) is 4.79 Å². The molecule has 0 bridgehead atoms. The summed E-state index contributed by atoms with van der Waals surface area (Å²) in [5.41, 5.74) is 0.980. The topological polar surface area (TPSA) is 42.2 Å². The van der Waals surface area contributed by atoms with E-state index in [2.05, 4.69) is 5.32 Å². The number of aryl methyl sites for hydroxylation is 1. The molecule has 1 rings (SSSR count). The molecule has 66 valence electrons. The summed E-state index contributed by atoms with van der Waals surface area (Å²) in [6, 6.07) is 1.82. The van der Waals surface area contributed by atoms with Gasteiger partial charge in [-0.25, -0.2) is 0 Å². The maximum absolute atomic E-state index is 10.7. The smallest absolute Gasteiger partial charge is 0.235 e. The van der Waals surface area contributed by atoms with Crippen LogP contribution in [0.3, 0.4) is 0 Å². The second-order valence-electron chi connectivity index (χ2n) is 2.41. The zero-order valence-electron chi connectivity index (χ0n) is 6.76. The Morgan fingerprint density at radius 3 is 3.00 bits per heavy atom. The molecule has 1 aromatic rings. The van der Waals surface area contributed by atoms with Crippen molar-refractivity contribution in [1.29, 1.82) is 0 Å². The van der Waals surface area contributed by atoms with E-state index in [1.54, 1.807) is 6.26 Å². The summed E-state index contributed by atoms with van der Waals surface area (Å²) in [5, 5.41) is 2.64. The highest BCUT2D eigenvalue weighted by atomic mass is 35.5. The lowest BCUT2D eigenvalue weighted by Gasteiger charge is -2.00. The SMILES string of the molecule is Cc1occc1CNC(=O)CCl. The van der Waals surface area contributed by atoms with E-state index in [4.69, 9.17) is 16.0 Å². The minimum absolute atomic E-state index is 0.00308. The third kappa shape index (κ3) is 2.27. The molecule has 12 heavy (non-hydrogen) atoms. The highest BCUT2D eigenvalue weighted by Crippen LogP contribution is 2.07. The molecule has 1 aromatic heterocycles. The number of hydrogen-bond acceptors (Lipinski definition) is 2. The summed E-state index contributed by atoms with van der Waals surface area (Å²) in [4.78, 5) is 10.7. The monoisotopic (exact) mass is 187 g/mol. The molecule has 0 aromatic carbocycles. The molecule has 1 heterocycles. The number of halogens is 1. The number of carbonyl (C=O) groups excluding carboxylic acids is 1. The molecule has 0 radical (unpaired) electrons. The van der Waals surface area contributed by atoms with Crippen LogP contribution in [0.1, 0.15) is 11.3 Å². The van der Waals surface area contributed by atoms with Crippen molar-refractivity contribution in [2.75, 3.05) is 5.88 Å². The van der Waals surface area contributed by atoms with Gasteiger partial charge in [0.1, 0.15) is 11.6 Å². The lowest BCUT2D eigenvalue weighted by molar-refractivity contribution is -0.118. The quantitative estimate of drug-likeness (QED) is 0.728. The highest BCUT2D eigenvalue weighted by Gasteiger charge is 2.02. The van der Waals surface area contributed by atoms with Crippen LogP contribution < -0.4 is 5.32 Å². The zero-order chi connectivity index (χ0) is 8.97. The third-order valence-corrected chi connectivity index (χ3v) is 1.81. The number of hydrogen-bond donors (Lipinski definition) is 1. The molecule has 0 aliphatic rings. The van der Waals surface area contributed by atoms with E-state index < -0.39 is 0 Å². The van der Waals surface area contributed by atoms with Crippen molar-refractivity contribution < 1.29 is 9.21 Å². The van der Waals surface area contributed by atoms with Crippen molar-refractivity contribution in [2.45, 2.75) is 13.5 Å². The molecule has 0 aliphatic heterocycles. The lowest BCUT2D eigenvalue weighted by Crippen LogP contribution is -2.23. The van der Waals surface area contributed by atoms with Crippen LogP contribution in [0.25, 0.3) is 0 Å². The molecule has 0 fully saturated rings. The van der Waals surface area contributed by atoms with Crippen LogP contribution in [0, 0.1) is 6.92 Å². The molecule has 1 amide bonds. The van der Waals surface area contributed by atoms with E-state index in [0.717, 1.165) is 11.3 Å². The fourth-order valence-electron chi connectivity index (χ4n) is 0.836. The first-order valence-corrected chi connectivity index (χ1v) is 4.13. The summed E-state index contributed by atoms with van der Waals surface area (Å²) < 4.78 is 5.05. The number of carbonyl (C=O) groups is 1. The van der Waals surface area contributed by atoms with Gasteiger partial charge >= 0.3 is 0 Å². The Bertz CT molecular complexity index is 270. The Balaban J connectivity index is 2.43. The van der Waals surface area contributed by atoms with Gasteiger partial charge in [-0.3, -0.25) is 4.79 Å². The van der Waals surface area contributed by atoms with Gasteiger partial charge in [-0.05, 0) is 13.0 Å². The van der Waals surface area contributed by atoms with Crippen LogP contribution in [0.4, 0.5) is 0 Å². The van der Waals surface area contributed by atoms with Gasteiger partial charge in [0.25, 0.3) is 0 Å². The third-order valence-electron chi connectivity index (χ3n) is 1.56. The molecule has 0 unspecified atom stereocenters. The van der Waals surface area contributed by atoms with E-state index in [-0.39, 0.29) is 11.8 Å². The van der Waals surface area contributed by atoms with Gasteiger partial charge in [-0.2, -0.15) is 0 Å². The minimum atomic E-state index is -0.169. The van der Waals surface area contributed by atoms with Crippen molar-refractivity contribution in [1.82, 2.24) is 5.32 Å². The Hall–Kier alpha value is -0.960. The second-order valence-corrected chi connectivity index (χ2v) is 2.68. The summed E-state index contributed by atoms with van der Waals surface area (Å²) in [5.74, 6) is 0.652. The number of furan rings is 1. The second kappa shape index (κ2) is 4.16. The van der Waals surface area contributed by atoms with E-state index in [1.807, 2.05) is 13.0 Å². The average molecular weight is 188 g/mol. The van der Waals surface area contributed by atoms with Crippen LogP contribution in [0.5, 0.6) is 0 Å². The first kappa shape index (κ1) is 9.13. The van der Waals surface area contributed by atoms with Crippen LogP contribution in [0.2, 0.25) is 0 Å². The predicted molar refractivity (Wildman–Crippen MR) is 46.0 cm³/mol. The maximum Gasteiger partial charge on any atom is 0.235 e. The highest BCUT2D eigenvalue weighted by molar-refractivity contribution is 6.27. The van der Waals surface area contributed by atoms with Gasteiger partial charge in [-0.1, -0.05) is 0 Å². The Kier molecular flexibility index (Phi) is 3.17. The van der Waals surface area contributed by atoms with Crippen molar-refractivity contribution in [2.24, 2.45) is 0 Å². The molecule has 1 N–H and O–H groups in total. The van der Waals surface area contributed by atoms with Gasteiger partial charge in [0, 0.05) is 12.1 Å². The van der Waals surface area contributed by atoms with Crippen molar-refractivity contribution in [3.63, 3.8) is 0 Å². The first-order chi connectivity index (χ1) is 5.74. The fraction of sp³-hybridized carbons (Fsp3) is 0.375. The summed E-state index contributed by atoms with van der Waals surface area (Å²) in [7, 11) is 0. The van der Waals surface area contributed by atoms with Crippen LogP contribution >= 0.6 is 11.6 Å². The van der Waals surface area contributed by atoms with Gasteiger partial charge < -0.3 is 9.73 Å². The molecule has 0 saturated carbocycles. The molecule has 0 atom stereocenters. The number of rotatable bonds is 3. The number of amides is 1. The molecule has 0 spiro atoms. The summed E-state index contributed by atoms with van der Waals surface area (Å²) in [6.07, 6.45) is 1.59.